The Morgan fingerprint density at radius 2 is 1.71 bits per heavy atom. The van der Waals surface area contributed by atoms with Crippen molar-refractivity contribution in [1.29, 1.82) is 0 Å². The Kier molecular flexibility index (Phi) is 4.66. The van der Waals surface area contributed by atoms with Crippen LogP contribution in [-0.4, -0.2) is 37.1 Å². The summed E-state index contributed by atoms with van der Waals surface area (Å²) in [4.78, 5) is 2.53. The summed E-state index contributed by atoms with van der Waals surface area (Å²) in [6.07, 6.45) is 16.0. The lowest BCUT2D eigenvalue weighted by Gasteiger charge is -2.54. The lowest BCUT2D eigenvalue weighted by molar-refractivity contribution is 0.00349. The number of likely N-dealkylation sites (N-methyl/N-ethyl adjacent to an activating group) is 1. The minimum Gasteiger partial charge on any atom is -0.312 e. The van der Waals surface area contributed by atoms with E-state index in [9.17, 15) is 0 Å². The van der Waals surface area contributed by atoms with Crippen molar-refractivity contribution in [2.75, 3.05) is 20.6 Å². The third kappa shape index (κ3) is 3.03. The molecule has 0 aliphatic heterocycles. The first-order valence-corrected chi connectivity index (χ1v) is 9.47. The molecule has 122 valence electrons. The average Bonchev–Trinajstić information content (AvgIpc) is 2.47. The van der Waals surface area contributed by atoms with Gasteiger partial charge in [0.25, 0.3) is 0 Å². The molecule has 3 aliphatic carbocycles. The molecule has 0 saturated heterocycles. The number of hydrogen-bond donors (Lipinski definition) is 1. The zero-order valence-electron chi connectivity index (χ0n) is 14.6. The van der Waals surface area contributed by atoms with Crippen LogP contribution in [0.2, 0.25) is 0 Å². The van der Waals surface area contributed by atoms with Crippen LogP contribution in [0.5, 0.6) is 0 Å². The van der Waals surface area contributed by atoms with Crippen LogP contribution in [0.3, 0.4) is 0 Å². The molecule has 0 amide bonds. The highest BCUT2D eigenvalue weighted by atomic mass is 15.2. The summed E-state index contributed by atoms with van der Waals surface area (Å²) in [5, 5.41) is 4.05. The van der Waals surface area contributed by atoms with Gasteiger partial charge in [0.2, 0.25) is 0 Å². The molecule has 1 spiro atoms. The lowest BCUT2D eigenvalue weighted by Crippen LogP contribution is -2.61. The molecule has 2 heteroatoms. The summed E-state index contributed by atoms with van der Waals surface area (Å²) in [7, 11) is 4.60. The monoisotopic (exact) mass is 292 g/mol. The first-order valence-electron chi connectivity index (χ1n) is 9.47. The molecule has 3 rings (SSSR count). The Balaban J connectivity index is 1.59. The number of nitrogens with one attached hydrogen (secondary N) is 1. The maximum atomic E-state index is 4.05. The van der Waals surface area contributed by atoms with Gasteiger partial charge in [-0.15, -0.1) is 0 Å². The molecule has 3 atom stereocenters. The van der Waals surface area contributed by atoms with E-state index in [4.69, 9.17) is 0 Å². The van der Waals surface area contributed by atoms with E-state index in [0.29, 0.717) is 11.0 Å². The SMILES string of the molecule is CC1CCCC(CNC2CCC23CCCCC3)(N(C)C)C1. The van der Waals surface area contributed by atoms with Gasteiger partial charge in [-0.05, 0) is 64.0 Å². The normalized spacial score (nSPS) is 39.4. The summed E-state index contributed by atoms with van der Waals surface area (Å²) in [6.45, 7) is 3.67. The standard InChI is InChI=1S/C19H36N2/c1-16-8-7-12-19(14-16,21(2)3)15-20-17-9-13-18(17)10-5-4-6-11-18/h16-17,20H,4-15H2,1-3H3. The first-order chi connectivity index (χ1) is 10.1. The maximum absolute atomic E-state index is 4.05. The van der Waals surface area contributed by atoms with Gasteiger partial charge < -0.3 is 10.2 Å². The van der Waals surface area contributed by atoms with E-state index in [1.165, 1.54) is 77.2 Å². The molecule has 3 fully saturated rings. The van der Waals surface area contributed by atoms with Crippen molar-refractivity contribution < 1.29 is 0 Å². The van der Waals surface area contributed by atoms with Gasteiger partial charge in [0.1, 0.15) is 0 Å². The second-order valence-electron chi connectivity index (χ2n) is 8.72. The van der Waals surface area contributed by atoms with Crippen LogP contribution >= 0.6 is 0 Å². The van der Waals surface area contributed by atoms with Gasteiger partial charge in [0.15, 0.2) is 0 Å². The highest BCUT2D eigenvalue weighted by molar-refractivity contribution is 5.04. The zero-order valence-corrected chi connectivity index (χ0v) is 14.6. The molecular formula is C19H36N2. The van der Waals surface area contributed by atoms with Gasteiger partial charge in [-0.2, -0.15) is 0 Å². The van der Waals surface area contributed by atoms with Crippen LogP contribution < -0.4 is 5.32 Å². The Labute approximate surface area is 132 Å². The topological polar surface area (TPSA) is 15.3 Å². The highest BCUT2D eigenvalue weighted by Gasteiger charge is 2.47. The molecule has 0 heterocycles. The van der Waals surface area contributed by atoms with Gasteiger partial charge in [-0.1, -0.05) is 39.0 Å². The second kappa shape index (κ2) is 6.20. The molecule has 3 unspecified atom stereocenters. The van der Waals surface area contributed by atoms with Crippen molar-refractivity contribution in [1.82, 2.24) is 10.2 Å². The van der Waals surface area contributed by atoms with Crippen molar-refractivity contribution in [2.24, 2.45) is 11.3 Å². The van der Waals surface area contributed by atoms with Crippen LogP contribution in [-0.2, 0) is 0 Å². The summed E-state index contributed by atoms with van der Waals surface area (Å²) in [5.41, 5.74) is 1.12. The van der Waals surface area contributed by atoms with E-state index in [1.54, 1.807) is 0 Å². The summed E-state index contributed by atoms with van der Waals surface area (Å²) >= 11 is 0. The number of nitrogens with zero attached hydrogens (tertiary/aromatic N) is 1. The Morgan fingerprint density at radius 3 is 2.29 bits per heavy atom. The van der Waals surface area contributed by atoms with Gasteiger partial charge in [-0.3, -0.25) is 0 Å². The second-order valence-corrected chi connectivity index (χ2v) is 8.72. The predicted octanol–water partition coefficient (Wildman–Crippen LogP) is 4.20. The third-order valence-corrected chi connectivity index (χ3v) is 7.21. The van der Waals surface area contributed by atoms with Crippen molar-refractivity contribution in [3.05, 3.63) is 0 Å². The molecule has 0 radical (unpaired) electrons. The largest absolute Gasteiger partial charge is 0.312 e. The van der Waals surface area contributed by atoms with Crippen molar-refractivity contribution >= 4 is 0 Å². The third-order valence-electron chi connectivity index (χ3n) is 7.21. The molecule has 2 nitrogen and oxygen atoms in total. The predicted molar refractivity (Wildman–Crippen MR) is 90.6 cm³/mol. The van der Waals surface area contributed by atoms with E-state index in [0.717, 1.165) is 12.0 Å². The summed E-state index contributed by atoms with van der Waals surface area (Å²) in [6, 6.07) is 0.826. The molecule has 21 heavy (non-hydrogen) atoms. The molecule has 0 aromatic carbocycles. The van der Waals surface area contributed by atoms with E-state index < -0.39 is 0 Å². The Hall–Kier alpha value is -0.0800. The van der Waals surface area contributed by atoms with Crippen LogP contribution in [0.25, 0.3) is 0 Å². The molecule has 0 aromatic rings. The zero-order chi connectivity index (χ0) is 14.9. The van der Waals surface area contributed by atoms with E-state index in [1.807, 2.05) is 0 Å². The Morgan fingerprint density at radius 1 is 0.952 bits per heavy atom. The summed E-state index contributed by atoms with van der Waals surface area (Å²) in [5.74, 6) is 0.896. The maximum Gasteiger partial charge on any atom is 0.0330 e. The number of hydrogen-bond acceptors (Lipinski definition) is 2. The van der Waals surface area contributed by atoms with Crippen LogP contribution in [0.15, 0.2) is 0 Å². The fourth-order valence-electron chi connectivity index (χ4n) is 5.54. The van der Waals surface area contributed by atoms with Crippen molar-refractivity contribution in [2.45, 2.75) is 89.1 Å². The van der Waals surface area contributed by atoms with E-state index in [-0.39, 0.29) is 0 Å². The van der Waals surface area contributed by atoms with Crippen molar-refractivity contribution in [3.8, 4) is 0 Å². The van der Waals surface area contributed by atoms with Gasteiger partial charge in [-0.25, -0.2) is 0 Å². The smallest absolute Gasteiger partial charge is 0.0330 e. The van der Waals surface area contributed by atoms with Gasteiger partial charge in [0, 0.05) is 18.1 Å². The first kappa shape index (κ1) is 15.8. The Bertz CT molecular complexity index is 345. The highest BCUT2D eigenvalue weighted by Crippen LogP contribution is 2.52. The molecule has 1 N–H and O–H groups in total. The van der Waals surface area contributed by atoms with Crippen LogP contribution in [0.1, 0.15) is 77.6 Å². The molecular weight excluding hydrogens is 256 g/mol. The quantitative estimate of drug-likeness (QED) is 0.835. The van der Waals surface area contributed by atoms with Crippen LogP contribution in [0, 0.1) is 11.3 Å². The van der Waals surface area contributed by atoms with Crippen LogP contribution in [0.4, 0.5) is 0 Å². The minimum atomic E-state index is 0.420. The van der Waals surface area contributed by atoms with Gasteiger partial charge >= 0.3 is 0 Å². The molecule has 0 aromatic heterocycles. The van der Waals surface area contributed by atoms with Crippen molar-refractivity contribution in [3.63, 3.8) is 0 Å². The minimum absolute atomic E-state index is 0.420. The van der Waals surface area contributed by atoms with Gasteiger partial charge in [0.05, 0.1) is 0 Å². The average molecular weight is 293 g/mol. The summed E-state index contributed by atoms with van der Waals surface area (Å²) < 4.78 is 0. The molecule has 3 aliphatic rings. The molecule has 0 bridgehead atoms. The van der Waals surface area contributed by atoms with E-state index in [2.05, 4.69) is 31.2 Å². The molecule has 3 saturated carbocycles. The number of rotatable bonds is 4. The fraction of sp³-hybridized carbons (Fsp3) is 1.00. The van der Waals surface area contributed by atoms with E-state index >= 15 is 0 Å². The lowest BCUT2D eigenvalue weighted by atomic mass is 9.57. The fourth-order valence-corrected chi connectivity index (χ4v) is 5.54.